The molecule has 1 N–H and O–H groups in total. The van der Waals surface area contributed by atoms with E-state index in [0.717, 1.165) is 35.7 Å². The Balaban J connectivity index is 1.86. The highest BCUT2D eigenvalue weighted by atomic mass is 79.9. The van der Waals surface area contributed by atoms with Gasteiger partial charge in [-0.2, -0.15) is 0 Å². The molecular formula is C16H19BrFNO2. The highest BCUT2D eigenvalue weighted by Crippen LogP contribution is 2.41. The first-order valence-corrected chi connectivity index (χ1v) is 8.28. The minimum atomic E-state index is -0.753. The maximum atomic E-state index is 13.5. The Hall–Kier alpha value is -0.940. The fraction of sp³-hybridized carbons (Fsp3) is 0.562. The number of halogens is 2. The third kappa shape index (κ3) is 2.99. The molecule has 0 spiro atoms. The molecule has 1 aliphatic carbocycles. The predicted molar refractivity (Wildman–Crippen MR) is 81.4 cm³/mol. The summed E-state index contributed by atoms with van der Waals surface area (Å²) < 4.78 is 14.3. The van der Waals surface area contributed by atoms with Crippen molar-refractivity contribution in [3.05, 3.63) is 34.1 Å². The monoisotopic (exact) mass is 355 g/mol. The number of carboxylic acids is 1. The maximum absolute atomic E-state index is 13.5. The molecule has 1 saturated carbocycles. The lowest BCUT2D eigenvalue weighted by Crippen LogP contribution is -2.41. The molecule has 0 radical (unpaired) electrons. The zero-order valence-electron chi connectivity index (χ0n) is 11.8. The maximum Gasteiger partial charge on any atom is 0.320 e. The van der Waals surface area contributed by atoms with Gasteiger partial charge in [-0.25, -0.2) is 4.39 Å². The van der Waals surface area contributed by atoms with Gasteiger partial charge in [0.1, 0.15) is 11.9 Å². The zero-order chi connectivity index (χ0) is 15.0. The van der Waals surface area contributed by atoms with Gasteiger partial charge < -0.3 is 5.11 Å². The summed E-state index contributed by atoms with van der Waals surface area (Å²) in [6.07, 6.45) is 5.27. The van der Waals surface area contributed by atoms with Crippen LogP contribution in [-0.4, -0.2) is 28.1 Å². The Morgan fingerprint density at radius 1 is 1.38 bits per heavy atom. The molecule has 1 aliphatic heterocycles. The summed E-state index contributed by atoms with van der Waals surface area (Å²) in [6, 6.07) is 4.49. The molecule has 1 heterocycles. The van der Waals surface area contributed by atoms with Crippen LogP contribution in [0.15, 0.2) is 22.7 Å². The molecule has 1 aromatic rings. The Kier molecular flexibility index (Phi) is 4.31. The number of carboxylic acid groups (broad SMARTS) is 1. The number of rotatable bonds is 3. The van der Waals surface area contributed by atoms with Crippen LogP contribution in [0.5, 0.6) is 0 Å². The number of hydrogen-bond donors (Lipinski definition) is 1. The van der Waals surface area contributed by atoms with Gasteiger partial charge in [0, 0.05) is 17.1 Å². The quantitative estimate of drug-likeness (QED) is 0.896. The second-order valence-electron chi connectivity index (χ2n) is 6.11. The van der Waals surface area contributed by atoms with Crippen molar-refractivity contribution in [2.75, 3.05) is 0 Å². The number of carbonyl (C=O) groups is 1. The van der Waals surface area contributed by atoms with Gasteiger partial charge in [0.2, 0.25) is 0 Å². The molecule has 114 valence electrons. The fourth-order valence-corrected chi connectivity index (χ4v) is 4.26. The number of fused-ring (bicyclic) bond motifs is 1. The van der Waals surface area contributed by atoms with E-state index in [2.05, 4.69) is 20.8 Å². The van der Waals surface area contributed by atoms with Gasteiger partial charge in [-0.05, 0) is 48.9 Å². The first-order valence-electron chi connectivity index (χ1n) is 7.48. The van der Waals surface area contributed by atoms with Crippen LogP contribution in [-0.2, 0) is 11.3 Å². The average Bonchev–Trinajstić information content (AvgIpc) is 2.82. The van der Waals surface area contributed by atoms with E-state index in [1.807, 2.05) is 0 Å². The van der Waals surface area contributed by atoms with E-state index >= 15 is 0 Å². The number of likely N-dealkylation sites (tertiary alicyclic amines) is 1. The molecular weight excluding hydrogens is 337 g/mol. The van der Waals surface area contributed by atoms with Gasteiger partial charge in [-0.3, -0.25) is 9.69 Å². The van der Waals surface area contributed by atoms with Crippen molar-refractivity contribution >= 4 is 21.9 Å². The molecule has 2 fully saturated rings. The fourth-order valence-electron chi connectivity index (χ4n) is 3.88. The molecule has 3 atom stereocenters. The van der Waals surface area contributed by atoms with Crippen molar-refractivity contribution < 1.29 is 14.3 Å². The highest BCUT2D eigenvalue weighted by molar-refractivity contribution is 9.10. The van der Waals surface area contributed by atoms with E-state index in [9.17, 15) is 14.3 Å². The van der Waals surface area contributed by atoms with Crippen LogP contribution in [0.2, 0.25) is 0 Å². The van der Waals surface area contributed by atoms with E-state index in [1.54, 1.807) is 6.07 Å². The third-order valence-electron chi connectivity index (χ3n) is 4.87. The van der Waals surface area contributed by atoms with Gasteiger partial charge in [0.15, 0.2) is 0 Å². The predicted octanol–water partition coefficient (Wildman–Crippen LogP) is 3.81. The number of aliphatic carboxylic acids is 1. The summed E-state index contributed by atoms with van der Waals surface area (Å²) in [5.41, 5.74) is 0.826. The molecule has 3 rings (SSSR count). The first kappa shape index (κ1) is 15.0. The van der Waals surface area contributed by atoms with E-state index in [0.29, 0.717) is 18.5 Å². The van der Waals surface area contributed by atoms with Gasteiger partial charge in [0.25, 0.3) is 0 Å². The Bertz CT molecular complexity index is 551. The van der Waals surface area contributed by atoms with E-state index in [1.165, 1.54) is 18.6 Å². The molecule has 2 aliphatic rings. The zero-order valence-corrected chi connectivity index (χ0v) is 13.4. The van der Waals surface area contributed by atoms with Crippen molar-refractivity contribution in [3.63, 3.8) is 0 Å². The minimum absolute atomic E-state index is 0.278. The minimum Gasteiger partial charge on any atom is -0.480 e. The summed E-state index contributed by atoms with van der Waals surface area (Å²) in [6.45, 7) is 0.497. The summed E-state index contributed by atoms with van der Waals surface area (Å²) in [4.78, 5) is 13.6. The molecule has 0 amide bonds. The summed E-state index contributed by atoms with van der Waals surface area (Å²) in [7, 11) is 0. The molecule has 0 bridgehead atoms. The van der Waals surface area contributed by atoms with Crippen molar-refractivity contribution in [3.8, 4) is 0 Å². The van der Waals surface area contributed by atoms with Crippen LogP contribution >= 0.6 is 15.9 Å². The van der Waals surface area contributed by atoms with Crippen LogP contribution in [0.25, 0.3) is 0 Å². The van der Waals surface area contributed by atoms with Crippen LogP contribution in [0.1, 0.15) is 37.7 Å². The van der Waals surface area contributed by atoms with Crippen molar-refractivity contribution in [2.45, 2.75) is 50.7 Å². The number of hydrogen-bond acceptors (Lipinski definition) is 2. The van der Waals surface area contributed by atoms with Gasteiger partial charge in [-0.1, -0.05) is 28.8 Å². The Morgan fingerprint density at radius 3 is 2.90 bits per heavy atom. The van der Waals surface area contributed by atoms with Crippen LogP contribution < -0.4 is 0 Å². The lowest BCUT2D eigenvalue weighted by molar-refractivity contribution is -0.142. The van der Waals surface area contributed by atoms with E-state index in [4.69, 9.17) is 0 Å². The second kappa shape index (κ2) is 6.05. The lowest BCUT2D eigenvalue weighted by atomic mass is 9.84. The van der Waals surface area contributed by atoms with Gasteiger partial charge in [0.05, 0.1) is 0 Å². The van der Waals surface area contributed by atoms with E-state index < -0.39 is 12.0 Å². The summed E-state index contributed by atoms with van der Waals surface area (Å²) in [5, 5.41) is 9.51. The summed E-state index contributed by atoms with van der Waals surface area (Å²) in [5.74, 6) is -0.552. The second-order valence-corrected chi connectivity index (χ2v) is 6.96. The van der Waals surface area contributed by atoms with E-state index in [-0.39, 0.29) is 5.82 Å². The molecule has 1 aromatic carbocycles. The van der Waals surface area contributed by atoms with Crippen molar-refractivity contribution in [1.29, 1.82) is 0 Å². The topological polar surface area (TPSA) is 40.5 Å². The molecule has 0 aromatic heterocycles. The smallest absolute Gasteiger partial charge is 0.320 e. The molecule has 21 heavy (non-hydrogen) atoms. The van der Waals surface area contributed by atoms with Crippen molar-refractivity contribution in [1.82, 2.24) is 4.90 Å². The normalized spacial score (nSPS) is 29.3. The first-order chi connectivity index (χ1) is 10.1. The standard InChI is InChI=1S/C16H19BrFNO2/c17-13-6-5-12(18)7-11(13)9-19-14-4-2-1-3-10(14)8-15(19)16(20)21/h5-7,10,14-15H,1-4,8-9H2,(H,20,21). The Morgan fingerprint density at radius 2 is 2.14 bits per heavy atom. The highest BCUT2D eigenvalue weighted by Gasteiger charge is 2.45. The third-order valence-corrected chi connectivity index (χ3v) is 5.64. The largest absolute Gasteiger partial charge is 0.480 e. The van der Waals surface area contributed by atoms with Gasteiger partial charge >= 0.3 is 5.97 Å². The SMILES string of the molecule is O=C(O)C1CC2CCCCC2N1Cc1cc(F)ccc1Br. The van der Waals surface area contributed by atoms with Crippen LogP contribution in [0.4, 0.5) is 4.39 Å². The van der Waals surface area contributed by atoms with Crippen LogP contribution in [0.3, 0.4) is 0 Å². The van der Waals surface area contributed by atoms with Crippen LogP contribution in [0, 0.1) is 11.7 Å². The number of benzene rings is 1. The number of nitrogens with zero attached hydrogens (tertiary/aromatic N) is 1. The molecule has 3 nitrogen and oxygen atoms in total. The molecule has 3 unspecified atom stereocenters. The molecule has 1 saturated heterocycles. The van der Waals surface area contributed by atoms with Gasteiger partial charge in [-0.15, -0.1) is 0 Å². The Labute approximate surface area is 132 Å². The van der Waals surface area contributed by atoms with Crippen molar-refractivity contribution in [2.24, 2.45) is 5.92 Å². The lowest BCUT2D eigenvalue weighted by Gasteiger charge is -2.33. The summed E-state index contributed by atoms with van der Waals surface area (Å²) >= 11 is 3.44. The molecule has 5 heteroatoms. The average molecular weight is 356 g/mol.